The number of carbonyl (C=O) groups is 2. The fraction of sp³-hybridized carbons (Fsp3) is 0.600. The molecule has 1 aromatic carbocycles. The second-order valence-electron chi connectivity index (χ2n) is 6.87. The van der Waals surface area contributed by atoms with E-state index in [2.05, 4.69) is 12.2 Å². The molecule has 1 fully saturated rings. The number of hydrogen-bond acceptors (Lipinski definition) is 3. The lowest BCUT2D eigenvalue weighted by molar-refractivity contribution is -0.135. The first kappa shape index (κ1) is 19.3. The predicted octanol–water partition coefficient (Wildman–Crippen LogP) is 2.78. The summed E-state index contributed by atoms with van der Waals surface area (Å²) < 4.78 is 5.32. The third-order valence-corrected chi connectivity index (χ3v) is 4.79. The molecule has 1 aromatic rings. The van der Waals surface area contributed by atoms with Crippen LogP contribution in [0.4, 0.5) is 0 Å². The molecule has 138 valence electrons. The van der Waals surface area contributed by atoms with Crippen LogP contribution in [0, 0.1) is 5.92 Å². The summed E-state index contributed by atoms with van der Waals surface area (Å²) in [6.45, 7) is 5.39. The molecule has 1 aliphatic rings. The van der Waals surface area contributed by atoms with Gasteiger partial charge in [0.15, 0.2) is 0 Å². The Morgan fingerprint density at radius 3 is 2.84 bits per heavy atom. The molecule has 1 aliphatic heterocycles. The van der Waals surface area contributed by atoms with Gasteiger partial charge in [-0.05, 0) is 32.3 Å². The molecule has 2 rings (SSSR count). The van der Waals surface area contributed by atoms with Crippen molar-refractivity contribution in [3.8, 4) is 5.75 Å². The molecular weight excluding hydrogens is 316 g/mol. The fourth-order valence-corrected chi connectivity index (χ4v) is 3.41. The molecule has 1 heterocycles. The Morgan fingerprint density at radius 1 is 1.36 bits per heavy atom. The van der Waals surface area contributed by atoms with E-state index in [0.29, 0.717) is 13.0 Å². The molecular formula is C20H30N2O3. The quantitative estimate of drug-likeness (QED) is 0.826. The molecule has 0 spiro atoms. The van der Waals surface area contributed by atoms with Crippen LogP contribution in [0.2, 0.25) is 0 Å². The van der Waals surface area contributed by atoms with Crippen molar-refractivity contribution in [2.75, 3.05) is 20.2 Å². The van der Waals surface area contributed by atoms with E-state index in [1.54, 1.807) is 7.11 Å². The zero-order valence-electron chi connectivity index (χ0n) is 15.6. The van der Waals surface area contributed by atoms with E-state index in [1.807, 2.05) is 36.1 Å². The average molecular weight is 346 g/mol. The second kappa shape index (κ2) is 9.44. The third-order valence-electron chi connectivity index (χ3n) is 4.79. The van der Waals surface area contributed by atoms with Crippen LogP contribution in [-0.4, -0.2) is 43.0 Å². The van der Waals surface area contributed by atoms with Gasteiger partial charge in [0.1, 0.15) is 5.75 Å². The molecule has 2 amide bonds. The summed E-state index contributed by atoms with van der Waals surface area (Å²) in [6, 6.07) is 7.77. The van der Waals surface area contributed by atoms with Gasteiger partial charge in [-0.15, -0.1) is 0 Å². The van der Waals surface area contributed by atoms with Gasteiger partial charge in [0.25, 0.3) is 0 Å². The Labute approximate surface area is 150 Å². The summed E-state index contributed by atoms with van der Waals surface area (Å²) in [5, 5.41) is 3.08. The molecule has 25 heavy (non-hydrogen) atoms. The van der Waals surface area contributed by atoms with Gasteiger partial charge in [-0.3, -0.25) is 9.59 Å². The summed E-state index contributed by atoms with van der Waals surface area (Å²) in [7, 11) is 1.61. The predicted molar refractivity (Wildman–Crippen MR) is 98.5 cm³/mol. The minimum Gasteiger partial charge on any atom is -0.496 e. The van der Waals surface area contributed by atoms with E-state index in [0.717, 1.165) is 43.5 Å². The van der Waals surface area contributed by atoms with Crippen molar-refractivity contribution in [3.63, 3.8) is 0 Å². The molecule has 0 saturated carbocycles. The summed E-state index contributed by atoms with van der Waals surface area (Å²) in [5.41, 5.74) is 0.887. The maximum Gasteiger partial charge on any atom is 0.227 e. The van der Waals surface area contributed by atoms with E-state index in [4.69, 9.17) is 4.74 Å². The molecule has 1 N–H and O–H groups in total. The molecule has 0 bridgehead atoms. The van der Waals surface area contributed by atoms with Gasteiger partial charge in [-0.25, -0.2) is 0 Å². The highest BCUT2D eigenvalue weighted by molar-refractivity contribution is 5.82. The van der Waals surface area contributed by atoms with E-state index in [9.17, 15) is 9.59 Å². The summed E-state index contributed by atoms with van der Waals surface area (Å²) in [5.74, 6) is 0.768. The Kier molecular flexibility index (Phi) is 7.29. The average Bonchev–Trinajstić information content (AvgIpc) is 2.62. The minimum absolute atomic E-state index is 0.0589. The standard InChI is InChI=1S/C20H30N2O3/c1-4-8-15(2)21-20(24)17-10-7-12-22(14-17)19(23)13-16-9-5-6-11-18(16)25-3/h5-6,9,11,15,17H,4,7-8,10,12-14H2,1-3H3,(H,21,24). The topological polar surface area (TPSA) is 58.6 Å². The number of nitrogens with zero attached hydrogens (tertiary/aromatic N) is 1. The lowest BCUT2D eigenvalue weighted by Crippen LogP contribution is -2.47. The normalized spacial score (nSPS) is 18.5. The number of amides is 2. The SMILES string of the molecule is CCCC(C)NC(=O)C1CCCN(C(=O)Cc2ccccc2OC)C1. The van der Waals surface area contributed by atoms with Gasteiger partial charge in [0.2, 0.25) is 11.8 Å². The number of hydrogen-bond donors (Lipinski definition) is 1. The molecule has 0 radical (unpaired) electrons. The summed E-state index contributed by atoms with van der Waals surface area (Å²) in [6.07, 6.45) is 4.07. The minimum atomic E-state index is -0.102. The van der Waals surface area contributed by atoms with Crippen molar-refractivity contribution in [1.29, 1.82) is 0 Å². The van der Waals surface area contributed by atoms with Gasteiger partial charge in [-0.2, -0.15) is 0 Å². The van der Waals surface area contributed by atoms with Crippen molar-refractivity contribution in [2.24, 2.45) is 5.92 Å². The lowest BCUT2D eigenvalue weighted by Gasteiger charge is -2.33. The van der Waals surface area contributed by atoms with Gasteiger partial charge in [0, 0.05) is 24.7 Å². The highest BCUT2D eigenvalue weighted by Gasteiger charge is 2.29. The van der Waals surface area contributed by atoms with Crippen LogP contribution in [0.25, 0.3) is 0 Å². The number of carbonyl (C=O) groups excluding carboxylic acids is 2. The number of ether oxygens (including phenoxy) is 1. The van der Waals surface area contributed by atoms with Gasteiger partial charge >= 0.3 is 0 Å². The van der Waals surface area contributed by atoms with Gasteiger partial charge < -0.3 is 15.0 Å². The Morgan fingerprint density at radius 2 is 2.12 bits per heavy atom. The number of rotatable bonds is 7. The van der Waals surface area contributed by atoms with Crippen molar-refractivity contribution >= 4 is 11.8 Å². The summed E-state index contributed by atoms with van der Waals surface area (Å²) >= 11 is 0. The number of likely N-dealkylation sites (tertiary alicyclic amines) is 1. The van der Waals surface area contributed by atoms with Gasteiger partial charge in [0.05, 0.1) is 19.4 Å². The number of nitrogens with one attached hydrogen (secondary N) is 1. The third kappa shape index (κ3) is 5.48. The second-order valence-corrected chi connectivity index (χ2v) is 6.87. The van der Waals surface area contributed by atoms with Crippen molar-refractivity contribution in [3.05, 3.63) is 29.8 Å². The van der Waals surface area contributed by atoms with Crippen LogP contribution in [0.15, 0.2) is 24.3 Å². The maximum absolute atomic E-state index is 12.7. The molecule has 0 aromatic heterocycles. The van der Waals surface area contributed by atoms with Crippen molar-refractivity contribution < 1.29 is 14.3 Å². The van der Waals surface area contributed by atoms with Crippen LogP contribution >= 0.6 is 0 Å². The largest absolute Gasteiger partial charge is 0.496 e. The molecule has 2 atom stereocenters. The smallest absolute Gasteiger partial charge is 0.227 e. The number of methoxy groups -OCH3 is 1. The zero-order valence-corrected chi connectivity index (χ0v) is 15.6. The highest BCUT2D eigenvalue weighted by atomic mass is 16.5. The monoisotopic (exact) mass is 346 g/mol. The number of para-hydroxylation sites is 1. The Balaban J connectivity index is 1.93. The Bertz CT molecular complexity index is 588. The number of piperidine rings is 1. The summed E-state index contributed by atoms with van der Waals surface area (Å²) in [4.78, 5) is 26.9. The molecule has 0 aliphatic carbocycles. The van der Waals surface area contributed by atoms with Crippen LogP contribution in [0.5, 0.6) is 5.75 Å². The van der Waals surface area contributed by atoms with E-state index >= 15 is 0 Å². The van der Waals surface area contributed by atoms with Crippen molar-refractivity contribution in [1.82, 2.24) is 10.2 Å². The van der Waals surface area contributed by atoms with Crippen LogP contribution in [0.1, 0.15) is 45.1 Å². The molecule has 2 unspecified atom stereocenters. The van der Waals surface area contributed by atoms with Crippen LogP contribution < -0.4 is 10.1 Å². The first-order valence-electron chi connectivity index (χ1n) is 9.25. The van der Waals surface area contributed by atoms with E-state index < -0.39 is 0 Å². The lowest BCUT2D eigenvalue weighted by atomic mass is 9.96. The van der Waals surface area contributed by atoms with Crippen molar-refractivity contribution in [2.45, 2.75) is 52.0 Å². The molecule has 5 heteroatoms. The molecule has 5 nitrogen and oxygen atoms in total. The van der Waals surface area contributed by atoms with E-state index in [-0.39, 0.29) is 23.8 Å². The maximum atomic E-state index is 12.7. The van der Waals surface area contributed by atoms with Gasteiger partial charge in [-0.1, -0.05) is 31.5 Å². The first-order valence-corrected chi connectivity index (χ1v) is 9.25. The fourth-order valence-electron chi connectivity index (χ4n) is 3.41. The molecule has 1 saturated heterocycles. The zero-order chi connectivity index (χ0) is 18.2. The van der Waals surface area contributed by atoms with E-state index in [1.165, 1.54) is 0 Å². The highest BCUT2D eigenvalue weighted by Crippen LogP contribution is 2.21. The van der Waals surface area contributed by atoms with Crippen LogP contribution in [-0.2, 0) is 16.0 Å². The Hall–Kier alpha value is -2.04. The number of benzene rings is 1. The first-order chi connectivity index (χ1) is 12.0. The van der Waals surface area contributed by atoms with Crippen LogP contribution in [0.3, 0.4) is 0 Å².